The Kier molecular flexibility index (Phi) is 3.98. The van der Waals surface area contributed by atoms with Gasteiger partial charge in [0.15, 0.2) is 0 Å². The topological polar surface area (TPSA) is 0 Å². The quantitative estimate of drug-likeness (QED) is 0.616. The molecular formula is C16H12F6. The van der Waals surface area contributed by atoms with Crippen molar-refractivity contribution < 1.29 is 26.3 Å². The third kappa shape index (κ3) is 2.09. The lowest BCUT2D eigenvalue weighted by Crippen LogP contribution is -2.08. The molecule has 2 aromatic rings. The maximum absolute atomic E-state index is 14.2. The van der Waals surface area contributed by atoms with Gasteiger partial charge in [-0.05, 0) is 27.7 Å². The van der Waals surface area contributed by atoms with Crippen LogP contribution in [0.3, 0.4) is 0 Å². The van der Waals surface area contributed by atoms with Gasteiger partial charge in [0.1, 0.15) is 34.9 Å². The predicted molar refractivity (Wildman–Crippen MR) is 70.6 cm³/mol. The maximum Gasteiger partial charge on any atom is 0.140 e. The van der Waals surface area contributed by atoms with E-state index < -0.39 is 68.3 Å². The molecule has 0 aliphatic heterocycles. The Hall–Kier alpha value is -1.98. The van der Waals surface area contributed by atoms with Crippen LogP contribution in [0.4, 0.5) is 26.3 Å². The molecule has 0 spiro atoms. The normalized spacial score (nSPS) is 11.2. The fraction of sp³-hybridized carbons (Fsp3) is 0.250. The van der Waals surface area contributed by atoms with E-state index in [2.05, 4.69) is 0 Å². The molecule has 0 radical (unpaired) electrons. The van der Waals surface area contributed by atoms with E-state index in [4.69, 9.17) is 0 Å². The van der Waals surface area contributed by atoms with E-state index in [9.17, 15) is 26.3 Å². The molecule has 0 unspecified atom stereocenters. The van der Waals surface area contributed by atoms with E-state index in [1.54, 1.807) is 0 Å². The molecule has 0 heterocycles. The van der Waals surface area contributed by atoms with Gasteiger partial charge in [-0.25, -0.2) is 26.3 Å². The molecule has 0 aliphatic rings. The van der Waals surface area contributed by atoms with Crippen LogP contribution in [-0.4, -0.2) is 0 Å². The molecule has 22 heavy (non-hydrogen) atoms. The average Bonchev–Trinajstić information content (AvgIpc) is 2.50. The van der Waals surface area contributed by atoms with Crippen molar-refractivity contribution in [3.8, 4) is 11.1 Å². The summed E-state index contributed by atoms with van der Waals surface area (Å²) in [6, 6.07) is 0. The van der Waals surface area contributed by atoms with E-state index in [-0.39, 0.29) is 0 Å². The second kappa shape index (κ2) is 5.34. The van der Waals surface area contributed by atoms with Crippen LogP contribution < -0.4 is 0 Å². The van der Waals surface area contributed by atoms with Gasteiger partial charge < -0.3 is 0 Å². The summed E-state index contributed by atoms with van der Waals surface area (Å²) < 4.78 is 84.1. The molecule has 118 valence electrons. The number of rotatable bonds is 1. The standard InChI is InChI=1S/C16H12F6/c1-5-11(17)6(2)14(20)9(13(5)19)10-15(21)7(3)12(18)8(4)16(10)22/h1-4H3. The third-order valence-electron chi connectivity index (χ3n) is 3.76. The van der Waals surface area contributed by atoms with Crippen LogP contribution in [0.5, 0.6) is 0 Å². The number of hydrogen-bond donors (Lipinski definition) is 0. The van der Waals surface area contributed by atoms with Crippen LogP contribution in [0.25, 0.3) is 11.1 Å². The molecule has 0 saturated heterocycles. The van der Waals surface area contributed by atoms with Gasteiger partial charge in [0.2, 0.25) is 0 Å². The summed E-state index contributed by atoms with van der Waals surface area (Å²) in [6.45, 7) is 4.11. The largest absolute Gasteiger partial charge is 0.206 e. The molecule has 0 nitrogen and oxygen atoms in total. The molecule has 0 amide bonds. The SMILES string of the molecule is Cc1c(F)c(C)c(F)c(-c2c(F)c(C)c(F)c(C)c2F)c1F. The Bertz CT molecular complexity index is 667. The van der Waals surface area contributed by atoms with Crippen LogP contribution in [0.2, 0.25) is 0 Å². The molecule has 6 heteroatoms. The van der Waals surface area contributed by atoms with E-state index in [1.165, 1.54) is 0 Å². The van der Waals surface area contributed by atoms with Gasteiger partial charge in [-0.3, -0.25) is 0 Å². The summed E-state index contributed by atoms with van der Waals surface area (Å²) in [6.07, 6.45) is 0. The molecule has 2 aromatic carbocycles. The molecular weight excluding hydrogens is 306 g/mol. The van der Waals surface area contributed by atoms with Gasteiger partial charge in [-0.15, -0.1) is 0 Å². The van der Waals surface area contributed by atoms with E-state index in [0.717, 1.165) is 27.7 Å². The zero-order valence-corrected chi connectivity index (χ0v) is 12.3. The summed E-state index contributed by atoms with van der Waals surface area (Å²) in [5.74, 6) is -7.91. The number of benzene rings is 2. The molecule has 0 saturated carbocycles. The summed E-state index contributed by atoms with van der Waals surface area (Å²) in [5.41, 5.74) is -4.31. The highest BCUT2D eigenvalue weighted by molar-refractivity contribution is 5.70. The maximum atomic E-state index is 14.2. The summed E-state index contributed by atoms with van der Waals surface area (Å²) in [7, 11) is 0. The van der Waals surface area contributed by atoms with Crippen LogP contribution in [-0.2, 0) is 0 Å². The Morgan fingerprint density at radius 3 is 0.727 bits per heavy atom. The molecule has 0 aromatic heterocycles. The van der Waals surface area contributed by atoms with E-state index in [0.29, 0.717) is 0 Å². The lowest BCUT2D eigenvalue weighted by molar-refractivity contribution is 0.508. The van der Waals surface area contributed by atoms with Crippen molar-refractivity contribution in [3.63, 3.8) is 0 Å². The highest BCUT2D eigenvalue weighted by atomic mass is 19.2. The van der Waals surface area contributed by atoms with Crippen LogP contribution >= 0.6 is 0 Å². The molecule has 0 aliphatic carbocycles. The lowest BCUT2D eigenvalue weighted by Gasteiger charge is -2.16. The minimum Gasteiger partial charge on any atom is -0.206 e. The van der Waals surface area contributed by atoms with Gasteiger partial charge >= 0.3 is 0 Å². The Balaban J connectivity index is 3.03. The van der Waals surface area contributed by atoms with Crippen molar-refractivity contribution in [1.29, 1.82) is 0 Å². The van der Waals surface area contributed by atoms with Gasteiger partial charge in [0, 0.05) is 22.3 Å². The monoisotopic (exact) mass is 318 g/mol. The van der Waals surface area contributed by atoms with Crippen molar-refractivity contribution >= 4 is 0 Å². The number of hydrogen-bond acceptors (Lipinski definition) is 0. The van der Waals surface area contributed by atoms with Gasteiger partial charge in [-0.2, -0.15) is 0 Å². The molecule has 2 rings (SSSR count). The van der Waals surface area contributed by atoms with Crippen LogP contribution in [0.1, 0.15) is 22.3 Å². The minimum absolute atomic E-state index is 0.563. The second-order valence-corrected chi connectivity index (χ2v) is 5.13. The van der Waals surface area contributed by atoms with E-state index in [1.807, 2.05) is 0 Å². The average molecular weight is 318 g/mol. The molecule has 0 fully saturated rings. The van der Waals surface area contributed by atoms with Gasteiger partial charge in [0.05, 0.1) is 11.1 Å². The zero-order chi connectivity index (χ0) is 16.9. The van der Waals surface area contributed by atoms with Crippen molar-refractivity contribution in [2.45, 2.75) is 27.7 Å². The molecule has 0 atom stereocenters. The highest BCUT2D eigenvalue weighted by Gasteiger charge is 2.29. The fourth-order valence-electron chi connectivity index (χ4n) is 2.33. The lowest BCUT2D eigenvalue weighted by atomic mass is 9.94. The Morgan fingerprint density at radius 2 is 0.545 bits per heavy atom. The first-order chi connectivity index (χ1) is 10.1. The van der Waals surface area contributed by atoms with Crippen LogP contribution in [0, 0.1) is 62.6 Å². The van der Waals surface area contributed by atoms with Crippen LogP contribution in [0.15, 0.2) is 0 Å². The third-order valence-corrected chi connectivity index (χ3v) is 3.76. The van der Waals surface area contributed by atoms with Crippen molar-refractivity contribution in [2.75, 3.05) is 0 Å². The second-order valence-electron chi connectivity index (χ2n) is 5.13. The Morgan fingerprint density at radius 1 is 0.364 bits per heavy atom. The summed E-state index contributed by atoms with van der Waals surface area (Å²) in [4.78, 5) is 0. The Labute approximate surface area is 123 Å². The molecule has 0 bridgehead atoms. The first-order valence-corrected chi connectivity index (χ1v) is 6.38. The first-order valence-electron chi connectivity index (χ1n) is 6.38. The smallest absolute Gasteiger partial charge is 0.140 e. The molecule has 0 N–H and O–H groups in total. The van der Waals surface area contributed by atoms with Crippen molar-refractivity contribution in [3.05, 3.63) is 57.2 Å². The minimum atomic E-state index is -1.41. The fourth-order valence-corrected chi connectivity index (χ4v) is 2.33. The predicted octanol–water partition coefficient (Wildman–Crippen LogP) is 5.42. The van der Waals surface area contributed by atoms with Gasteiger partial charge in [-0.1, -0.05) is 0 Å². The van der Waals surface area contributed by atoms with Gasteiger partial charge in [0.25, 0.3) is 0 Å². The van der Waals surface area contributed by atoms with E-state index >= 15 is 0 Å². The van der Waals surface area contributed by atoms with Crippen molar-refractivity contribution in [1.82, 2.24) is 0 Å². The highest BCUT2D eigenvalue weighted by Crippen LogP contribution is 2.38. The summed E-state index contributed by atoms with van der Waals surface area (Å²) in [5, 5.41) is 0. The first kappa shape index (κ1) is 16.4. The summed E-state index contributed by atoms with van der Waals surface area (Å²) >= 11 is 0. The zero-order valence-electron chi connectivity index (χ0n) is 12.3. The number of halogens is 6. The van der Waals surface area contributed by atoms with Crippen molar-refractivity contribution in [2.24, 2.45) is 0 Å².